The van der Waals surface area contributed by atoms with Gasteiger partial charge in [-0.25, -0.2) is 0 Å². The number of amides is 1. The lowest BCUT2D eigenvalue weighted by Gasteiger charge is -2.04. The second-order valence-electron chi connectivity index (χ2n) is 3.81. The lowest BCUT2D eigenvalue weighted by atomic mass is 10.2. The first-order chi connectivity index (χ1) is 8.61. The first-order valence-corrected chi connectivity index (χ1v) is 6.77. The predicted molar refractivity (Wildman–Crippen MR) is 72.4 cm³/mol. The van der Waals surface area contributed by atoms with Crippen LogP contribution in [0, 0.1) is 6.92 Å². The third kappa shape index (κ3) is 5.72. The molecule has 0 fully saturated rings. The van der Waals surface area contributed by atoms with Gasteiger partial charge in [0.05, 0.1) is 5.75 Å². The van der Waals surface area contributed by atoms with Gasteiger partial charge < -0.3 is 10.1 Å². The van der Waals surface area contributed by atoms with Gasteiger partial charge in [-0.15, -0.1) is 11.8 Å². The molecule has 0 aliphatic rings. The summed E-state index contributed by atoms with van der Waals surface area (Å²) >= 11 is 1.47. The number of ether oxygens (including phenoxy) is 1. The molecule has 18 heavy (non-hydrogen) atoms. The van der Waals surface area contributed by atoms with E-state index in [0.717, 1.165) is 5.75 Å². The molecule has 0 atom stereocenters. The standard InChI is InChI=1S/C13H17NO3S/c1-10-3-5-11(6-4-10)8-18-9-13(16)17-7-12(15)14-2/h3-6H,7-9H2,1-2H3,(H,14,15). The molecule has 0 heterocycles. The molecule has 98 valence electrons. The zero-order valence-corrected chi connectivity index (χ0v) is 11.4. The van der Waals surface area contributed by atoms with E-state index in [1.807, 2.05) is 31.2 Å². The molecule has 0 unspecified atom stereocenters. The molecule has 4 nitrogen and oxygen atoms in total. The summed E-state index contributed by atoms with van der Waals surface area (Å²) in [5, 5.41) is 2.38. The van der Waals surface area contributed by atoms with E-state index in [1.54, 1.807) is 0 Å². The molecule has 0 bridgehead atoms. The van der Waals surface area contributed by atoms with Gasteiger partial charge in [0, 0.05) is 12.8 Å². The minimum atomic E-state index is -0.365. The van der Waals surface area contributed by atoms with Gasteiger partial charge in [0.2, 0.25) is 0 Å². The molecule has 0 radical (unpaired) electrons. The normalized spacial score (nSPS) is 9.89. The molecule has 0 saturated carbocycles. The average Bonchev–Trinajstić information content (AvgIpc) is 2.38. The van der Waals surface area contributed by atoms with Crippen molar-refractivity contribution in [3.63, 3.8) is 0 Å². The number of rotatable bonds is 6. The van der Waals surface area contributed by atoms with Crippen LogP contribution in [0.4, 0.5) is 0 Å². The minimum absolute atomic E-state index is 0.208. The Kier molecular flexibility index (Phi) is 6.28. The van der Waals surface area contributed by atoms with Crippen LogP contribution in [0.15, 0.2) is 24.3 Å². The number of benzene rings is 1. The summed E-state index contributed by atoms with van der Waals surface area (Å²) in [4.78, 5) is 22.1. The molecule has 1 amide bonds. The molecule has 1 aromatic carbocycles. The van der Waals surface area contributed by atoms with Crippen LogP contribution in [0.2, 0.25) is 0 Å². The Morgan fingerprint density at radius 2 is 1.94 bits per heavy atom. The quantitative estimate of drug-likeness (QED) is 0.794. The number of likely N-dealkylation sites (N-methyl/N-ethyl adjacent to an activating group) is 1. The average molecular weight is 267 g/mol. The maximum absolute atomic E-state index is 11.3. The Labute approximate surface area is 111 Å². The maximum Gasteiger partial charge on any atom is 0.316 e. The Balaban J connectivity index is 2.19. The smallest absolute Gasteiger partial charge is 0.316 e. The van der Waals surface area contributed by atoms with E-state index >= 15 is 0 Å². The van der Waals surface area contributed by atoms with Crippen molar-refractivity contribution in [1.29, 1.82) is 0 Å². The van der Waals surface area contributed by atoms with Gasteiger partial charge in [-0.1, -0.05) is 29.8 Å². The molecular formula is C13H17NO3S. The van der Waals surface area contributed by atoms with Crippen molar-refractivity contribution >= 4 is 23.6 Å². The SMILES string of the molecule is CNC(=O)COC(=O)CSCc1ccc(C)cc1. The van der Waals surface area contributed by atoms with Gasteiger partial charge in [-0.05, 0) is 12.5 Å². The zero-order chi connectivity index (χ0) is 13.4. The van der Waals surface area contributed by atoms with E-state index in [1.165, 1.54) is 29.9 Å². The van der Waals surface area contributed by atoms with Crippen molar-refractivity contribution in [1.82, 2.24) is 5.32 Å². The van der Waals surface area contributed by atoms with Crippen LogP contribution < -0.4 is 5.32 Å². The van der Waals surface area contributed by atoms with E-state index in [4.69, 9.17) is 4.74 Å². The highest BCUT2D eigenvalue weighted by atomic mass is 32.2. The predicted octanol–water partition coefficient (Wildman–Crippen LogP) is 1.52. The number of hydrogen-bond acceptors (Lipinski definition) is 4. The van der Waals surface area contributed by atoms with Crippen molar-refractivity contribution in [2.75, 3.05) is 19.4 Å². The fourth-order valence-electron chi connectivity index (χ4n) is 1.20. The lowest BCUT2D eigenvalue weighted by molar-refractivity contribution is -0.145. The van der Waals surface area contributed by atoms with Crippen LogP contribution in [-0.4, -0.2) is 31.3 Å². The molecule has 5 heteroatoms. The number of aryl methyl sites for hydroxylation is 1. The van der Waals surface area contributed by atoms with Crippen molar-refractivity contribution in [2.24, 2.45) is 0 Å². The third-order valence-corrected chi connectivity index (χ3v) is 3.23. The summed E-state index contributed by atoms with van der Waals surface area (Å²) in [7, 11) is 1.50. The third-order valence-electron chi connectivity index (χ3n) is 2.25. The van der Waals surface area contributed by atoms with Gasteiger partial charge in [0.1, 0.15) is 0 Å². The summed E-state index contributed by atoms with van der Waals surface area (Å²) in [6, 6.07) is 8.16. The highest BCUT2D eigenvalue weighted by molar-refractivity contribution is 7.99. The summed E-state index contributed by atoms with van der Waals surface area (Å²) in [6.45, 7) is 1.83. The molecule has 0 aromatic heterocycles. The topological polar surface area (TPSA) is 55.4 Å². The van der Waals surface area contributed by atoms with Crippen LogP contribution >= 0.6 is 11.8 Å². The molecule has 0 spiro atoms. The van der Waals surface area contributed by atoms with Gasteiger partial charge >= 0.3 is 5.97 Å². The molecule has 1 N–H and O–H groups in total. The molecule has 0 saturated heterocycles. The Hall–Kier alpha value is -1.49. The number of thioether (sulfide) groups is 1. The van der Waals surface area contributed by atoms with Crippen LogP contribution in [-0.2, 0) is 20.1 Å². The fraction of sp³-hybridized carbons (Fsp3) is 0.385. The number of carbonyl (C=O) groups is 2. The Bertz CT molecular complexity index is 403. The molecule has 0 aliphatic carbocycles. The van der Waals surface area contributed by atoms with Gasteiger partial charge in [0.15, 0.2) is 6.61 Å². The van der Waals surface area contributed by atoms with Crippen LogP contribution in [0.1, 0.15) is 11.1 Å². The first kappa shape index (κ1) is 14.6. The Morgan fingerprint density at radius 1 is 1.28 bits per heavy atom. The van der Waals surface area contributed by atoms with Crippen molar-refractivity contribution in [3.8, 4) is 0 Å². The number of esters is 1. The number of carbonyl (C=O) groups excluding carboxylic acids is 2. The highest BCUT2D eigenvalue weighted by Crippen LogP contribution is 2.12. The van der Waals surface area contributed by atoms with Gasteiger partial charge in [-0.2, -0.15) is 0 Å². The van der Waals surface area contributed by atoms with E-state index in [-0.39, 0.29) is 24.2 Å². The number of nitrogens with one attached hydrogen (secondary N) is 1. The summed E-state index contributed by atoms with van der Waals surface area (Å²) < 4.78 is 4.78. The summed E-state index contributed by atoms with van der Waals surface area (Å²) in [5.41, 5.74) is 2.39. The zero-order valence-electron chi connectivity index (χ0n) is 10.6. The lowest BCUT2D eigenvalue weighted by Crippen LogP contribution is -2.25. The number of hydrogen-bond donors (Lipinski definition) is 1. The van der Waals surface area contributed by atoms with E-state index in [9.17, 15) is 9.59 Å². The van der Waals surface area contributed by atoms with Crippen molar-refractivity contribution in [3.05, 3.63) is 35.4 Å². The van der Waals surface area contributed by atoms with Gasteiger partial charge in [-0.3, -0.25) is 9.59 Å². The summed E-state index contributed by atoms with van der Waals surface area (Å²) in [6.07, 6.45) is 0. The monoisotopic (exact) mass is 267 g/mol. The molecule has 1 rings (SSSR count). The van der Waals surface area contributed by atoms with E-state index in [0.29, 0.717) is 0 Å². The van der Waals surface area contributed by atoms with E-state index in [2.05, 4.69) is 5.32 Å². The van der Waals surface area contributed by atoms with Crippen molar-refractivity contribution < 1.29 is 14.3 Å². The molecule has 0 aliphatic heterocycles. The first-order valence-electron chi connectivity index (χ1n) is 5.61. The second-order valence-corrected chi connectivity index (χ2v) is 4.80. The van der Waals surface area contributed by atoms with Gasteiger partial charge in [0.25, 0.3) is 5.91 Å². The highest BCUT2D eigenvalue weighted by Gasteiger charge is 2.06. The van der Waals surface area contributed by atoms with Crippen LogP contribution in [0.5, 0.6) is 0 Å². The minimum Gasteiger partial charge on any atom is -0.455 e. The van der Waals surface area contributed by atoms with Crippen LogP contribution in [0.25, 0.3) is 0 Å². The fourth-order valence-corrected chi connectivity index (χ4v) is 1.98. The van der Waals surface area contributed by atoms with Crippen molar-refractivity contribution in [2.45, 2.75) is 12.7 Å². The molecule has 1 aromatic rings. The van der Waals surface area contributed by atoms with E-state index < -0.39 is 0 Å². The van der Waals surface area contributed by atoms with Crippen LogP contribution in [0.3, 0.4) is 0 Å². The maximum atomic E-state index is 11.3. The molecular weight excluding hydrogens is 250 g/mol. The Morgan fingerprint density at radius 3 is 2.56 bits per heavy atom. The second kappa shape index (κ2) is 7.76. The largest absolute Gasteiger partial charge is 0.455 e. The summed E-state index contributed by atoms with van der Waals surface area (Å²) in [5.74, 6) is 0.350.